The summed E-state index contributed by atoms with van der Waals surface area (Å²) < 4.78 is 11.7. The van der Waals surface area contributed by atoms with Crippen molar-refractivity contribution >= 4 is 28.0 Å². The second-order valence-electron chi connectivity index (χ2n) is 7.45. The van der Waals surface area contributed by atoms with E-state index in [9.17, 15) is 9.59 Å². The van der Waals surface area contributed by atoms with E-state index >= 15 is 0 Å². The SMILES string of the molecule is CCOC(=O)C1(Cc2ccc(Br)cc2)CCCN(C(=O)OC(C)(C)C)N1. The predicted molar refractivity (Wildman–Crippen MR) is 103 cm³/mol. The maximum atomic E-state index is 12.8. The van der Waals surface area contributed by atoms with E-state index in [-0.39, 0.29) is 12.6 Å². The maximum absolute atomic E-state index is 12.8. The van der Waals surface area contributed by atoms with Gasteiger partial charge in [-0.2, -0.15) is 0 Å². The lowest BCUT2D eigenvalue weighted by Gasteiger charge is -2.42. The minimum Gasteiger partial charge on any atom is -0.465 e. The highest BCUT2D eigenvalue weighted by molar-refractivity contribution is 9.10. The van der Waals surface area contributed by atoms with Crippen LogP contribution in [0.2, 0.25) is 0 Å². The topological polar surface area (TPSA) is 67.9 Å². The smallest absolute Gasteiger partial charge is 0.424 e. The Morgan fingerprint density at radius 3 is 2.50 bits per heavy atom. The predicted octanol–water partition coefficient (Wildman–Crippen LogP) is 3.83. The Labute approximate surface area is 163 Å². The highest BCUT2D eigenvalue weighted by atomic mass is 79.9. The largest absolute Gasteiger partial charge is 0.465 e. The first kappa shape index (κ1) is 20.7. The lowest BCUT2D eigenvalue weighted by atomic mass is 9.85. The van der Waals surface area contributed by atoms with E-state index in [1.165, 1.54) is 5.01 Å². The molecule has 1 heterocycles. The molecule has 2 rings (SSSR count). The summed E-state index contributed by atoms with van der Waals surface area (Å²) >= 11 is 3.42. The van der Waals surface area contributed by atoms with Crippen LogP contribution < -0.4 is 5.43 Å². The fraction of sp³-hybridized carbons (Fsp3) is 0.579. The normalized spacial score (nSPS) is 20.6. The van der Waals surface area contributed by atoms with Gasteiger partial charge in [-0.1, -0.05) is 28.1 Å². The fourth-order valence-corrected chi connectivity index (χ4v) is 3.20. The molecule has 1 aliphatic heterocycles. The van der Waals surface area contributed by atoms with E-state index in [0.29, 0.717) is 25.8 Å². The van der Waals surface area contributed by atoms with E-state index in [2.05, 4.69) is 21.4 Å². The first-order valence-corrected chi connectivity index (χ1v) is 9.64. The Morgan fingerprint density at radius 1 is 1.27 bits per heavy atom. The van der Waals surface area contributed by atoms with Gasteiger partial charge in [-0.3, -0.25) is 0 Å². The summed E-state index contributed by atoms with van der Waals surface area (Å²) in [5.41, 5.74) is 2.51. The summed E-state index contributed by atoms with van der Waals surface area (Å²) in [4.78, 5) is 25.2. The summed E-state index contributed by atoms with van der Waals surface area (Å²) in [5, 5.41) is 1.39. The van der Waals surface area contributed by atoms with Gasteiger partial charge in [-0.05, 0) is 58.2 Å². The van der Waals surface area contributed by atoms with Crippen molar-refractivity contribution in [1.82, 2.24) is 10.4 Å². The van der Waals surface area contributed by atoms with Gasteiger partial charge in [-0.15, -0.1) is 0 Å². The van der Waals surface area contributed by atoms with Crippen LogP contribution in [0.1, 0.15) is 46.1 Å². The monoisotopic (exact) mass is 426 g/mol. The third kappa shape index (κ3) is 5.45. The molecule has 0 bridgehead atoms. The number of hydrogen-bond acceptors (Lipinski definition) is 5. The summed E-state index contributed by atoms with van der Waals surface area (Å²) in [5.74, 6) is -0.351. The zero-order chi connectivity index (χ0) is 19.4. The summed E-state index contributed by atoms with van der Waals surface area (Å²) in [7, 11) is 0. The van der Waals surface area contributed by atoms with Gasteiger partial charge in [0, 0.05) is 17.4 Å². The Balaban J connectivity index is 2.24. The number of hydrogen-bond donors (Lipinski definition) is 1. The lowest BCUT2D eigenvalue weighted by molar-refractivity contribution is -0.156. The molecule has 1 aromatic carbocycles. The van der Waals surface area contributed by atoms with Crippen LogP contribution in [-0.2, 0) is 20.7 Å². The molecule has 0 saturated carbocycles. The van der Waals surface area contributed by atoms with E-state index in [0.717, 1.165) is 10.0 Å². The number of carbonyl (C=O) groups is 2. The molecule has 1 aliphatic rings. The fourth-order valence-electron chi connectivity index (χ4n) is 2.93. The molecule has 144 valence electrons. The molecule has 1 amide bonds. The number of amides is 1. The molecule has 6 nitrogen and oxygen atoms in total. The molecule has 0 radical (unpaired) electrons. The van der Waals surface area contributed by atoms with Crippen molar-refractivity contribution in [3.63, 3.8) is 0 Å². The highest BCUT2D eigenvalue weighted by Gasteiger charge is 2.45. The average Bonchev–Trinajstić information content (AvgIpc) is 2.56. The molecule has 1 aromatic rings. The summed E-state index contributed by atoms with van der Waals surface area (Å²) in [6.45, 7) is 7.99. The molecule has 1 unspecified atom stereocenters. The van der Waals surface area contributed by atoms with Crippen LogP contribution in [0, 0.1) is 0 Å². The molecule has 1 fully saturated rings. The zero-order valence-corrected chi connectivity index (χ0v) is 17.4. The molecule has 0 aliphatic carbocycles. The molecule has 7 heteroatoms. The maximum Gasteiger partial charge on any atom is 0.424 e. The standard InChI is InChI=1S/C19H27BrN2O4/c1-5-25-16(23)19(13-14-7-9-15(20)10-8-14)11-6-12-22(21-19)17(24)26-18(2,3)4/h7-10,21H,5-6,11-13H2,1-4H3. The number of nitrogens with zero attached hydrogens (tertiary/aromatic N) is 1. The second kappa shape index (κ2) is 8.39. The average molecular weight is 427 g/mol. The number of halogens is 1. The van der Waals surface area contributed by atoms with Crippen LogP contribution in [-0.4, -0.2) is 41.4 Å². The van der Waals surface area contributed by atoms with Crippen LogP contribution in [0.3, 0.4) is 0 Å². The number of benzene rings is 1. The van der Waals surface area contributed by atoms with Gasteiger partial charge < -0.3 is 9.47 Å². The van der Waals surface area contributed by atoms with E-state index in [1.54, 1.807) is 6.92 Å². The van der Waals surface area contributed by atoms with Crippen molar-refractivity contribution in [2.75, 3.05) is 13.2 Å². The number of esters is 1. The highest BCUT2D eigenvalue weighted by Crippen LogP contribution is 2.27. The van der Waals surface area contributed by atoms with Crippen molar-refractivity contribution in [1.29, 1.82) is 0 Å². The van der Waals surface area contributed by atoms with E-state index < -0.39 is 17.2 Å². The molecular formula is C19H27BrN2O4. The molecule has 1 saturated heterocycles. The Hall–Kier alpha value is -1.60. The van der Waals surface area contributed by atoms with Crippen molar-refractivity contribution in [3.05, 3.63) is 34.3 Å². The minimum atomic E-state index is -0.987. The van der Waals surface area contributed by atoms with Crippen LogP contribution in [0.15, 0.2) is 28.7 Å². The number of ether oxygens (including phenoxy) is 2. The third-order valence-corrected chi connectivity index (χ3v) is 4.56. The molecule has 26 heavy (non-hydrogen) atoms. The second-order valence-corrected chi connectivity index (χ2v) is 8.37. The van der Waals surface area contributed by atoms with E-state index in [4.69, 9.17) is 9.47 Å². The molecular weight excluding hydrogens is 400 g/mol. The van der Waals surface area contributed by atoms with Crippen LogP contribution in [0.5, 0.6) is 0 Å². The van der Waals surface area contributed by atoms with E-state index in [1.807, 2.05) is 45.0 Å². The van der Waals surface area contributed by atoms with Gasteiger partial charge in [0.1, 0.15) is 11.1 Å². The van der Waals surface area contributed by atoms with Gasteiger partial charge in [-0.25, -0.2) is 20.0 Å². The minimum absolute atomic E-state index is 0.287. The Bertz CT molecular complexity index is 642. The quantitative estimate of drug-likeness (QED) is 0.740. The number of carbonyl (C=O) groups excluding carboxylic acids is 2. The molecule has 0 aromatic heterocycles. The number of hydrazine groups is 1. The Morgan fingerprint density at radius 2 is 1.92 bits per heavy atom. The number of rotatable bonds is 4. The van der Waals surface area contributed by atoms with Crippen LogP contribution >= 0.6 is 15.9 Å². The first-order chi connectivity index (χ1) is 12.1. The van der Waals surface area contributed by atoms with Gasteiger partial charge in [0.2, 0.25) is 0 Å². The lowest BCUT2D eigenvalue weighted by Crippen LogP contribution is -2.65. The van der Waals surface area contributed by atoms with Crippen molar-refractivity contribution < 1.29 is 19.1 Å². The Kier molecular flexibility index (Phi) is 6.69. The zero-order valence-electron chi connectivity index (χ0n) is 15.8. The van der Waals surface area contributed by atoms with Crippen LogP contribution in [0.4, 0.5) is 4.79 Å². The van der Waals surface area contributed by atoms with Crippen molar-refractivity contribution in [2.24, 2.45) is 0 Å². The summed E-state index contributed by atoms with van der Waals surface area (Å²) in [6, 6.07) is 7.78. The first-order valence-electron chi connectivity index (χ1n) is 8.85. The van der Waals surface area contributed by atoms with Gasteiger partial charge >= 0.3 is 12.1 Å². The third-order valence-electron chi connectivity index (χ3n) is 4.03. The van der Waals surface area contributed by atoms with Gasteiger partial charge in [0.05, 0.1) is 6.61 Å². The number of nitrogens with one attached hydrogen (secondary N) is 1. The van der Waals surface area contributed by atoms with Crippen LogP contribution in [0.25, 0.3) is 0 Å². The summed E-state index contributed by atoms with van der Waals surface area (Å²) in [6.07, 6.45) is 1.21. The molecule has 1 atom stereocenters. The molecule has 1 N–H and O–H groups in total. The van der Waals surface area contributed by atoms with Gasteiger partial charge in [0.25, 0.3) is 0 Å². The van der Waals surface area contributed by atoms with Crippen molar-refractivity contribution in [2.45, 2.75) is 58.1 Å². The van der Waals surface area contributed by atoms with Crippen molar-refractivity contribution in [3.8, 4) is 0 Å². The van der Waals surface area contributed by atoms with Gasteiger partial charge in [0.15, 0.2) is 0 Å². The molecule has 0 spiro atoms.